The van der Waals surface area contributed by atoms with Crippen molar-refractivity contribution in [1.82, 2.24) is 10.3 Å². The maximum atomic E-state index is 13.4. The summed E-state index contributed by atoms with van der Waals surface area (Å²) in [5.41, 5.74) is 3.01. The first kappa shape index (κ1) is 25.1. The number of hydrogen-bond donors (Lipinski definition) is 2. The molecule has 186 valence electrons. The molecule has 0 aliphatic carbocycles. The second-order valence-electron chi connectivity index (χ2n) is 8.35. The van der Waals surface area contributed by atoms with Crippen LogP contribution in [0, 0.1) is 18.6 Å². The fourth-order valence-corrected chi connectivity index (χ4v) is 3.72. The topological polar surface area (TPSA) is 84.6 Å². The number of aryl methyl sites for hydroxylation is 1. The van der Waals surface area contributed by atoms with Crippen molar-refractivity contribution in [2.45, 2.75) is 32.4 Å². The summed E-state index contributed by atoms with van der Waals surface area (Å²) in [7, 11) is 0. The number of nitrogens with one attached hydrogen (secondary N) is 1. The minimum Gasteiger partial charge on any atom is -0.493 e. The van der Waals surface area contributed by atoms with Gasteiger partial charge in [-0.2, -0.15) is 0 Å². The fraction of sp³-hybridized carbons (Fsp3) is 0.214. The summed E-state index contributed by atoms with van der Waals surface area (Å²) in [5, 5.41) is 12.4. The van der Waals surface area contributed by atoms with E-state index in [-0.39, 0.29) is 13.0 Å². The summed E-state index contributed by atoms with van der Waals surface area (Å²) < 4.78 is 38.1. The lowest BCUT2D eigenvalue weighted by Gasteiger charge is -2.15. The number of carboxylic acid groups (broad SMARTS) is 1. The lowest BCUT2D eigenvalue weighted by Crippen LogP contribution is -2.38. The van der Waals surface area contributed by atoms with Gasteiger partial charge in [-0.15, -0.1) is 0 Å². The van der Waals surface area contributed by atoms with E-state index in [1.54, 1.807) is 24.3 Å². The molecule has 0 radical (unpaired) electrons. The summed E-state index contributed by atoms with van der Waals surface area (Å²) in [6, 6.07) is 19.5. The van der Waals surface area contributed by atoms with Crippen molar-refractivity contribution >= 4 is 5.97 Å². The van der Waals surface area contributed by atoms with Gasteiger partial charge in [-0.25, -0.2) is 13.8 Å². The number of aliphatic carboxylic acids is 1. The number of nitrogens with zero attached hydrogens (tertiary/aromatic N) is 1. The molecule has 0 saturated carbocycles. The van der Waals surface area contributed by atoms with Crippen LogP contribution in [-0.4, -0.2) is 28.7 Å². The minimum atomic E-state index is -1.03. The highest BCUT2D eigenvalue weighted by Crippen LogP contribution is 2.22. The molecular weight excluding hydrogens is 466 g/mol. The molecule has 2 N–H and O–H groups in total. The Balaban J connectivity index is 1.28. The molecule has 0 saturated heterocycles. The Morgan fingerprint density at radius 3 is 2.44 bits per heavy atom. The second kappa shape index (κ2) is 11.6. The average Bonchev–Trinajstić information content (AvgIpc) is 3.25. The van der Waals surface area contributed by atoms with Crippen molar-refractivity contribution in [2.75, 3.05) is 6.61 Å². The number of oxazole rings is 1. The van der Waals surface area contributed by atoms with Crippen LogP contribution < -0.4 is 10.1 Å². The maximum absolute atomic E-state index is 13.4. The molecule has 0 amide bonds. The van der Waals surface area contributed by atoms with Gasteiger partial charge >= 0.3 is 5.97 Å². The van der Waals surface area contributed by atoms with Crippen LogP contribution in [0.1, 0.15) is 22.6 Å². The Morgan fingerprint density at radius 2 is 1.75 bits per heavy atom. The zero-order chi connectivity index (χ0) is 25.5. The first-order chi connectivity index (χ1) is 17.4. The highest BCUT2D eigenvalue weighted by atomic mass is 19.2. The van der Waals surface area contributed by atoms with Crippen LogP contribution in [0.15, 0.2) is 77.2 Å². The molecule has 0 aliphatic heterocycles. The zero-order valence-electron chi connectivity index (χ0n) is 19.7. The highest BCUT2D eigenvalue weighted by molar-refractivity contribution is 5.74. The monoisotopic (exact) mass is 492 g/mol. The first-order valence-electron chi connectivity index (χ1n) is 11.5. The molecule has 0 fully saturated rings. The van der Waals surface area contributed by atoms with E-state index in [0.29, 0.717) is 30.2 Å². The number of rotatable bonds is 11. The quantitative estimate of drug-likeness (QED) is 0.294. The van der Waals surface area contributed by atoms with Crippen LogP contribution in [0.5, 0.6) is 5.75 Å². The lowest BCUT2D eigenvalue weighted by atomic mass is 10.1. The van der Waals surface area contributed by atoms with Gasteiger partial charge in [0.05, 0.1) is 12.3 Å². The molecule has 4 rings (SSSR count). The van der Waals surface area contributed by atoms with Crippen LogP contribution in [0.25, 0.3) is 11.5 Å². The lowest BCUT2D eigenvalue weighted by molar-refractivity contribution is -0.139. The number of halogens is 2. The molecule has 4 aromatic rings. The van der Waals surface area contributed by atoms with E-state index >= 15 is 0 Å². The Kier molecular flexibility index (Phi) is 8.07. The van der Waals surface area contributed by atoms with E-state index in [2.05, 4.69) is 10.3 Å². The van der Waals surface area contributed by atoms with Gasteiger partial charge in [0.15, 0.2) is 11.6 Å². The predicted octanol–water partition coefficient (Wildman–Crippen LogP) is 5.34. The van der Waals surface area contributed by atoms with Crippen LogP contribution in [0.3, 0.4) is 0 Å². The summed E-state index contributed by atoms with van der Waals surface area (Å²) in [5.74, 6) is -0.946. The van der Waals surface area contributed by atoms with Crippen molar-refractivity contribution in [3.8, 4) is 17.2 Å². The molecule has 0 spiro atoms. The molecule has 1 aromatic heterocycles. The minimum absolute atomic E-state index is 0.100. The molecule has 0 aliphatic rings. The van der Waals surface area contributed by atoms with E-state index in [1.165, 1.54) is 6.07 Å². The number of carbonyl (C=O) groups is 1. The number of aromatic nitrogens is 1. The van der Waals surface area contributed by atoms with Gasteiger partial charge in [-0.05, 0) is 60.9 Å². The molecule has 36 heavy (non-hydrogen) atoms. The van der Waals surface area contributed by atoms with Gasteiger partial charge in [0, 0.05) is 18.5 Å². The van der Waals surface area contributed by atoms with Crippen molar-refractivity contribution in [3.05, 3.63) is 107 Å². The Bertz CT molecular complexity index is 1310. The van der Waals surface area contributed by atoms with E-state index in [1.807, 2.05) is 37.3 Å². The summed E-state index contributed by atoms with van der Waals surface area (Å²) in [6.45, 7) is 2.39. The van der Waals surface area contributed by atoms with Crippen LogP contribution in [-0.2, 0) is 24.2 Å². The smallest absolute Gasteiger partial charge is 0.321 e. The van der Waals surface area contributed by atoms with Gasteiger partial charge in [0.25, 0.3) is 0 Å². The van der Waals surface area contributed by atoms with Gasteiger partial charge in [-0.3, -0.25) is 4.79 Å². The highest BCUT2D eigenvalue weighted by Gasteiger charge is 2.18. The fourth-order valence-electron chi connectivity index (χ4n) is 3.72. The summed E-state index contributed by atoms with van der Waals surface area (Å²) >= 11 is 0. The van der Waals surface area contributed by atoms with E-state index in [0.717, 1.165) is 34.7 Å². The second-order valence-corrected chi connectivity index (χ2v) is 8.35. The first-order valence-corrected chi connectivity index (χ1v) is 11.5. The molecule has 1 atom stereocenters. The SMILES string of the molecule is Cc1oc(-c2ccccc2)nc1CCOc1ccc(CC(NCc2ccc(F)c(F)c2)C(=O)O)cc1. The number of benzene rings is 3. The number of hydrogen-bond acceptors (Lipinski definition) is 5. The number of ether oxygens (including phenoxy) is 1. The van der Waals surface area contributed by atoms with E-state index in [9.17, 15) is 18.7 Å². The van der Waals surface area contributed by atoms with Crippen molar-refractivity contribution in [3.63, 3.8) is 0 Å². The van der Waals surface area contributed by atoms with Crippen LogP contribution >= 0.6 is 0 Å². The van der Waals surface area contributed by atoms with Gasteiger partial charge in [0.1, 0.15) is 17.6 Å². The molecular formula is C28H26F2N2O4. The largest absolute Gasteiger partial charge is 0.493 e. The standard InChI is InChI=1S/C28H26F2N2O4/c1-18-25(32-27(36-18)21-5-3-2-4-6-21)13-14-35-22-10-7-19(8-11-22)16-26(28(33)34)31-17-20-9-12-23(29)24(30)15-20/h2-12,15,26,31H,13-14,16-17H2,1H3,(H,33,34). The van der Waals surface area contributed by atoms with E-state index in [4.69, 9.17) is 9.15 Å². The zero-order valence-corrected chi connectivity index (χ0v) is 19.7. The molecule has 6 nitrogen and oxygen atoms in total. The Morgan fingerprint density at radius 1 is 1.03 bits per heavy atom. The Hall–Kier alpha value is -4.04. The summed E-state index contributed by atoms with van der Waals surface area (Å²) in [6.07, 6.45) is 0.804. The van der Waals surface area contributed by atoms with Crippen LogP contribution in [0.4, 0.5) is 8.78 Å². The molecule has 1 heterocycles. The molecule has 8 heteroatoms. The van der Waals surface area contributed by atoms with Crippen molar-refractivity contribution in [1.29, 1.82) is 0 Å². The van der Waals surface area contributed by atoms with Crippen molar-refractivity contribution in [2.24, 2.45) is 0 Å². The predicted molar refractivity (Wildman–Crippen MR) is 131 cm³/mol. The third-order valence-electron chi connectivity index (χ3n) is 5.72. The molecule has 3 aromatic carbocycles. The third-order valence-corrected chi connectivity index (χ3v) is 5.72. The van der Waals surface area contributed by atoms with Gasteiger partial charge in [-0.1, -0.05) is 36.4 Å². The summed E-state index contributed by atoms with van der Waals surface area (Å²) in [4.78, 5) is 16.2. The van der Waals surface area contributed by atoms with E-state index < -0.39 is 23.6 Å². The van der Waals surface area contributed by atoms with Gasteiger partial charge < -0.3 is 19.6 Å². The molecule has 0 bridgehead atoms. The van der Waals surface area contributed by atoms with Gasteiger partial charge in [0.2, 0.25) is 5.89 Å². The number of carboxylic acids is 1. The average molecular weight is 493 g/mol. The van der Waals surface area contributed by atoms with Crippen molar-refractivity contribution < 1.29 is 27.8 Å². The maximum Gasteiger partial charge on any atom is 0.321 e. The normalized spacial score (nSPS) is 11.9. The van der Waals surface area contributed by atoms with Crippen LogP contribution in [0.2, 0.25) is 0 Å². The third kappa shape index (κ3) is 6.55. The Labute approximate surface area is 207 Å². The molecule has 1 unspecified atom stereocenters.